The predicted octanol–water partition coefficient (Wildman–Crippen LogP) is 1.99. The van der Waals surface area contributed by atoms with Crippen molar-refractivity contribution in [2.75, 3.05) is 13.1 Å². The van der Waals surface area contributed by atoms with E-state index < -0.39 is 0 Å². The highest BCUT2D eigenvalue weighted by Crippen LogP contribution is 2.24. The summed E-state index contributed by atoms with van der Waals surface area (Å²) in [4.78, 5) is 26.3. The van der Waals surface area contributed by atoms with Crippen molar-refractivity contribution >= 4 is 5.57 Å². The van der Waals surface area contributed by atoms with Gasteiger partial charge >= 0.3 is 5.69 Å². The zero-order valence-corrected chi connectivity index (χ0v) is 15.4. The van der Waals surface area contributed by atoms with E-state index >= 15 is 0 Å². The molecule has 0 radical (unpaired) electrons. The zero-order chi connectivity index (χ0) is 18.1. The van der Waals surface area contributed by atoms with Gasteiger partial charge in [-0.2, -0.15) is 0 Å². The van der Waals surface area contributed by atoms with Crippen molar-refractivity contribution in [3.8, 4) is 0 Å². The van der Waals surface area contributed by atoms with E-state index in [4.69, 9.17) is 0 Å². The van der Waals surface area contributed by atoms with E-state index in [2.05, 4.69) is 43.0 Å². The first-order chi connectivity index (χ1) is 11.8. The second-order valence-electron chi connectivity index (χ2n) is 7.00. The molecule has 5 nitrogen and oxygen atoms in total. The van der Waals surface area contributed by atoms with E-state index in [1.807, 2.05) is 0 Å². The second-order valence-corrected chi connectivity index (χ2v) is 7.00. The van der Waals surface area contributed by atoms with Crippen LogP contribution in [0.3, 0.4) is 0 Å². The van der Waals surface area contributed by atoms with Gasteiger partial charge in [-0.1, -0.05) is 35.4 Å². The number of benzene rings is 1. The normalized spacial score (nSPS) is 15.3. The molecule has 0 unspecified atom stereocenters. The molecule has 0 bridgehead atoms. The van der Waals surface area contributed by atoms with Crippen molar-refractivity contribution in [1.82, 2.24) is 14.0 Å². The quantitative estimate of drug-likeness (QED) is 0.859. The van der Waals surface area contributed by atoms with Gasteiger partial charge in [-0.05, 0) is 31.4 Å². The van der Waals surface area contributed by atoms with Crippen molar-refractivity contribution in [3.05, 3.63) is 73.6 Å². The van der Waals surface area contributed by atoms with Gasteiger partial charge in [0, 0.05) is 45.5 Å². The maximum absolute atomic E-state index is 12.3. The fourth-order valence-corrected chi connectivity index (χ4v) is 3.51. The fraction of sp³-hybridized carbons (Fsp3) is 0.400. The van der Waals surface area contributed by atoms with Gasteiger partial charge < -0.3 is 4.57 Å². The molecule has 0 amide bonds. The SMILES string of the molecule is Cc1cc(C)cc(C2=CCN(Cc3cn(C)c(=O)n(C)c3=O)CC2)c1. The summed E-state index contributed by atoms with van der Waals surface area (Å²) in [5.74, 6) is 0. The van der Waals surface area contributed by atoms with Gasteiger partial charge in [0.15, 0.2) is 0 Å². The second kappa shape index (κ2) is 6.84. The van der Waals surface area contributed by atoms with E-state index in [1.54, 1.807) is 13.2 Å². The third-order valence-electron chi connectivity index (χ3n) is 4.80. The van der Waals surface area contributed by atoms with Crippen LogP contribution >= 0.6 is 0 Å². The lowest BCUT2D eigenvalue weighted by molar-refractivity contribution is 0.291. The van der Waals surface area contributed by atoms with Crippen LogP contribution in [0.15, 0.2) is 40.1 Å². The van der Waals surface area contributed by atoms with Gasteiger partial charge in [-0.3, -0.25) is 14.3 Å². The Morgan fingerprint density at radius 3 is 2.32 bits per heavy atom. The van der Waals surface area contributed by atoms with Crippen LogP contribution < -0.4 is 11.2 Å². The maximum Gasteiger partial charge on any atom is 0.330 e. The van der Waals surface area contributed by atoms with Crippen LogP contribution in [0.5, 0.6) is 0 Å². The van der Waals surface area contributed by atoms with E-state index in [0.717, 1.165) is 19.5 Å². The monoisotopic (exact) mass is 339 g/mol. The van der Waals surface area contributed by atoms with Crippen LogP contribution in [0.4, 0.5) is 0 Å². The van der Waals surface area contributed by atoms with Crippen LogP contribution in [0.2, 0.25) is 0 Å². The molecule has 0 saturated heterocycles. The Labute approximate surface area is 147 Å². The van der Waals surface area contributed by atoms with Crippen molar-refractivity contribution in [2.45, 2.75) is 26.8 Å². The minimum absolute atomic E-state index is 0.202. The van der Waals surface area contributed by atoms with Crippen LogP contribution in [0, 0.1) is 13.8 Å². The highest BCUT2D eigenvalue weighted by Gasteiger charge is 2.16. The lowest BCUT2D eigenvalue weighted by atomic mass is 9.96. The Morgan fingerprint density at radius 2 is 1.72 bits per heavy atom. The maximum atomic E-state index is 12.3. The molecule has 1 aromatic carbocycles. The predicted molar refractivity (Wildman–Crippen MR) is 101 cm³/mol. The van der Waals surface area contributed by atoms with Crippen molar-refractivity contribution in [3.63, 3.8) is 0 Å². The summed E-state index contributed by atoms with van der Waals surface area (Å²) in [6.07, 6.45) is 4.88. The minimum Gasteiger partial charge on any atom is -0.303 e. The first kappa shape index (κ1) is 17.4. The molecule has 2 heterocycles. The Balaban J connectivity index is 1.78. The van der Waals surface area contributed by atoms with Crippen LogP contribution in [-0.2, 0) is 20.6 Å². The van der Waals surface area contributed by atoms with Crippen LogP contribution in [0.1, 0.15) is 28.7 Å². The molecular weight excluding hydrogens is 314 g/mol. The smallest absolute Gasteiger partial charge is 0.303 e. The molecule has 0 aliphatic carbocycles. The van der Waals surface area contributed by atoms with E-state index in [0.29, 0.717) is 12.1 Å². The third-order valence-corrected chi connectivity index (χ3v) is 4.80. The van der Waals surface area contributed by atoms with E-state index in [9.17, 15) is 9.59 Å². The van der Waals surface area contributed by atoms with E-state index in [-0.39, 0.29) is 11.2 Å². The summed E-state index contributed by atoms with van der Waals surface area (Å²) < 4.78 is 2.65. The van der Waals surface area contributed by atoms with Gasteiger partial charge in [-0.15, -0.1) is 0 Å². The molecule has 1 aliphatic heterocycles. The molecule has 5 heteroatoms. The van der Waals surface area contributed by atoms with Gasteiger partial charge in [0.05, 0.1) is 0 Å². The average molecular weight is 339 g/mol. The minimum atomic E-state index is -0.288. The average Bonchev–Trinajstić information content (AvgIpc) is 2.57. The molecule has 1 aromatic heterocycles. The molecule has 0 spiro atoms. The lowest BCUT2D eigenvalue weighted by Gasteiger charge is -2.26. The molecule has 1 aliphatic rings. The van der Waals surface area contributed by atoms with Crippen LogP contribution in [0.25, 0.3) is 5.57 Å². The number of hydrogen-bond donors (Lipinski definition) is 0. The van der Waals surface area contributed by atoms with Gasteiger partial charge in [0.25, 0.3) is 5.56 Å². The van der Waals surface area contributed by atoms with Crippen molar-refractivity contribution in [2.24, 2.45) is 14.1 Å². The third kappa shape index (κ3) is 3.66. The molecule has 0 fully saturated rings. The first-order valence-electron chi connectivity index (χ1n) is 8.61. The Hall–Kier alpha value is -2.40. The number of aromatic nitrogens is 2. The number of nitrogens with zero attached hydrogens (tertiary/aromatic N) is 3. The van der Waals surface area contributed by atoms with Gasteiger partial charge in [0.1, 0.15) is 0 Å². The van der Waals surface area contributed by atoms with Crippen LogP contribution in [-0.4, -0.2) is 27.1 Å². The standard InChI is InChI=1S/C20H25N3O2/c1-14-9-15(2)11-17(10-14)16-5-7-23(8-6-16)13-18-12-21(3)20(25)22(4)19(18)24/h5,9-12H,6-8,13H2,1-4H3. The van der Waals surface area contributed by atoms with E-state index in [1.165, 1.54) is 38.4 Å². The largest absolute Gasteiger partial charge is 0.330 e. The summed E-state index contributed by atoms with van der Waals surface area (Å²) >= 11 is 0. The first-order valence-corrected chi connectivity index (χ1v) is 8.61. The van der Waals surface area contributed by atoms with Crippen molar-refractivity contribution < 1.29 is 0 Å². The summed E-state index contributed by atoms with van der Waals surface area (Å²) in [6, 6.07) is 6.66. The summed E-state index contributed by atoms with van der Waals surface area (Å²) in [6.45, 7) is 6.54. The summed E-state index contributed by atoms with van der Waals surface area (Å²) in [7, 11) is 3.21. The molecule has 3 rings (SSSR count). The molecular formula is C20H25N3O2. The molecule has 2 aromatic rings. The molecule has 0 saturated carbocycles. The molecule has 25 heavy (non-hydrogen) atoms. The molecule has 132 valence electrons. The summed E-state index contributed by atoms with van der Waals surface area (Å²) in [5, 5.41) is 0. The van der Waals surface area contributed by atoms with Crippen molar-refractivity contribution in [1.29, 1.82) is 0 Å². The Bertz CT molecular complexity index is 930. The fourth-order valence-electron chi connectivity index (χ4n) is 3.51. The Kier molecular flexibility index (Phi) is 4.77. The summed E-state index contributed by atoms with van der Waals surface area (Å²) in [5.41, 5.74) is 5.41. The molecule has 0 atom stereocenters. The van der Waals surface area contributed by atoms with Gasteiger partial charge in [-0.25, -0.2) is 4.79 Å². The number of rotatable bonds is 3. The number of hydrogen-bond acceptors (Lipinski definition) is 3. The highest BCUT2D eigenvalue weighted by molar-refractivity contribution is 5.67. The molecule has 0 N–H and O–H groups in total. The Morgan fingerprint density at radius 1 is 1.04 bits per heavy atom. The number of aryl methyl sites for hydroxylation is 3. The van der Waals surface area contributed by atoms with Gasteiger partial charge in [0.2, 0.25) is 0 Å². The lowest BCUT2D eigenvalue weighted by Crippen LogP contribution is -2.40. The topological polar surface area (TPSA) is 47.2 Å². The highest BCUT2D eigenvalue weighted by atomic mass is 16.2. The zero-order valence-electron chi connectivity index (χ0n) is 15.4.